The second-order valence-electron chi connectivity index (χ2n) is 4.98. The average molecular weight is 329 g/mol. The first kappa shape index (κ1) is 16.3. The number of ether oxygens (including phenoxy) is 1. The first-order valence-corrected chi connectivity index (χ1v) is 9.71. The molecule has 0 aliphatic carbocycles. The van der Waals surface area contributed by atoms with Crippen LogP contribution in [0.3, 0.4) is 0 Å². The van der Waals surface area contributed by atoms with Gasteiger partial charge in [-0.15, -0.1) is 0 Å². The fourth-order valence-corrected chi connectivity index (χ4v) is 5.32. The standard InChI is InChI=1S/C14H19NO4S2/c1-19-14(16)12-6-4-3-5-11(12)9-15-7-8-20-10-13(15)21(2,17)18/h3-6,13H,7-10H2,1-2H3. The summed E-state index contributed by atoms with van der Waals surface area (Å²) in [5, 5.41) is -0.498. The van der Waals surface area contributed by atoms with Crippen molar-refractivity contribution in [1.82, 2.24) is 4.90 Å². The lowest BCUT2D eigenvalue weighted by atomic mass is 10.1. The smallest absolute Gasteiger partial charge is 0.338 e. The Bertz CT molecular complexity index is 615. The second kappa shape index (κ2) is 6.81. The number of methoxy groups -OCH3 is 1. The maximum absolute atomic E-state index is 11.9. The summed E-state index contributed by atoms with van der Waals surface area (Å²) >= 11 is 1.65. The van der Waals surface area contributed by atoms with Crippen molar-refractivity contribution in [3.05, 3.63) is 35.4 Å². The van der Waals surface area contributed by atoms with Crippen LogP contribution in [-0.2, 0) is 21.1 Å². The van der Waals surface area contributed by atoms with E-state index in [9.17, 15) is 13.2 Å². The number of benzene rings is 1. The van der Waals surface area contributed by atoms with Crippen molar-refractivity contribution in [2.45, 2.75) is 11.9 Å². The quantitative estimate of drug-likeness (QED) is 0.778. The van der Waals surface area contributed by atoms with Crippen LogP contribution in [-0.4, -0.2) is 56.1 Å². The summed E-state index contributed by atoms with van der Waals surface area (Å²) < 4.78 is 28.6. The molecule has 7 heteroatoms. The molecule has 0 amide bonds. The van der Waals surface area contributed by atoms with Gasteiger partial charge in [0.1, 0.15) is 5.37 Å². The van der Waals surface area contributed by atoms with Crippen molar-refractivity contribution in [3.8, 4) is 0 Å². The molecular weight excluding hydrogens is 310 g/mol. The highest BCUT2D eigenvalue weighted by Crippen LogP contribution is 2.23. The molecule has 1 saturated heterocycles. The van der Waals surface area contributed by atoms with E-state index in [2.05, 4.69) is 0 Å². The maximum atomic E-state index is 11.9. The van der Waals surface area contributed by atoms with Gasteiger partial charge < -0.3 is 4.74 Å². The van der Waals surface area contributed by atoms with E-state index in [1.54, 1.807) is 23.9 Å². The molecule has 21 heavy (non-hydrogen) atoms. The highest BCUT2D eigenvalue weighted by Gasteiger charge is 2.31. The van der Waals surface area contributed by atoms with Crippen LogP contribution < -0.4 is 0 Å². The average Bonchev–Trinajstić information content (AvgIpc) is 2.46. The van der Waals surface area contributed by atoms with Crippen molar-refractivity contribution in [1.29, 1.82) is 0 Å². The Morgan fingerprint density at radius 3 is 2.81 bits per heavy atom. The number of carbonyl (C=O) groups excluding carboxylic acids is 1. The largest absolute Gasteiger partial charge is 0.465 e. The van der Waals surface area contributed by atoms with E-state index in [1.807, 2.05) is 17.0 Å². The monoisotopic (exact) mass is 329 g/mol. The second-order valence-corrected chi connectivity index (χ2v) is 8.33. The van der Waals surface area contributed by atoms with Gasteiger partial charge in [0.05, 0.1) is 12.7 Å². The topological polar surface area (TPSA) is 63.7 Å². The molecule has 1 fully saturated rings. The van der Waals surface area contributed by atoms with Crippen LogP contribution in [0.5, 0.6) is 0 Å². The highest BCUT2D eigenvalue weighted by atomic mass is 32.2. The summed E-state index contributed by atoms with van der Waals surface area (Å²) in [6, 6.07) is 7.16. The number of carbonyl (C=O) groups is 1. The molecule has 1 aromatic rings. The number of hydrogen-bond acceptors (Lipinski definition) is 6. The number of hydrogen-bond donors (Lipinski definition) is 0. The molecule has 1 aromatic carbocycles. The summed E-state index contributed by atoms with van der Waals surface area (Å²) in [6.45, 7) is 1.13. The SMILES string of the molecule is COC(=O)c1ccccc1CN1CCSCC1S(C)(=O)=O. The predicted molar refractivity (Wildman–Crippen MR) is 84.1 cm³/mol. The first-order chi connectivity index (χ1) is 9.93. The first-order valence-electron chi connectivity index (χ1n) is 6.60. The number of rotatable bonds is 4. The molecule has 1 aliphatic rings. The van der Waals surface area contributed by atoms with Crippen molar-refractivity contribution in [2.75, 3.05) is 31.4 Å². The number of esters is 1. The van der Waals surface area contributed by atoms with Gasteiger partial charge in [0.25, 0.3) is 0 Å². The van der Waals surface area contributed by atoms with Crippen molar-refractivity contribution in [3.63, 3.8) is 0 Å². The summed E-state index contributed by atoms with van der Waals surface area (Å²) in [5.74, 6) is 1.07. The number of nitrogens with zero attached hydrogens (tertiary/aromatic N) is 1. The lowest BCUT2D eigenvalue weighted by Gasteiger charge is -2.34. The molecule has 2 rings (SSSR count). The molecule has 0 aromatic heterocycles. The van der Waals surface area contributed by atoms with Crippen molar-refractivity contribution in [2.24, 2.45) is 0 Å². The molecule has 0 spiro atoms. The summed E-state index contributed by atoms with van der Waals surface area (Å²) in [7, 11) is -1.80. The minimum Gasteiger partial charge on any atom is -0.465 e. The van der Waals surface area contributed by atoms with E-state index < -0.39 is 21.2 Å². The van der Waals surface area contributed by atoms with Crippen LogP contribution in [0.4, 0.5) is 0 Å². The van der Waals surface area contributed by atoms with Crippen LogP contribution in [0.25, 0.3) is 0 Å². The number of sulfone groups is 1. The Balaban J connectivity index is 2.26. The van der Waals surface area contributed by atoms with Gasteiger partial charge in [0.2, 0.25) is 0 Å². The molecule has 116 valence electrons. The van der Waals surface area contributed by atoms with Crippen LogP contribution >= 0.6 is 11.8 Å². The normalized spacial score (nSPS) is 20.2. The van der Waals surface area contributed by atoms with Crippen LogP contribution in [0.15, 0.2) is 24.3 Å². The van der Waals surface area contributed by atoms with E-state index in [-0.39, 0.29) is 0 Å². The van der Waals surface area contributed by atoms with E-state index in [0.717, 1.165) is 11.3 Å². The molecule has 5 nitrogen and oxygen atoms in total. The third-order valence-corrected chi connectivity index (χ3v) is 6.17. The van der Waals surface area contributed by atoms with Gasteiger partial charge in [-0.2, -0.15) is 11.8 Å². The highest BCUT2D eigenvalue weighted by molar-refractivity contribution is 8.00. The van der Waals surface area contributed by atoms with Gasteiger partial charge in [-0.25, -0.2) is 13.2 Å². The van der Waals surface area contributed by atoms with Gasteiger partial charge in [-0.3, -0.25) is 4.90 Å². The Morgan fingerprint density at radius 2 is 2.14 bits per heavy atom. The predicted octanol–water partition coefficient (Wildman–Crippen LogP) is 1.39. The molecule has 1 unspecified atom stereocenters. The molecule has 1 aliphatic heterocycles. The van der Waals surface area contributed by atoms with Crippen molar-refractivity contribution >= 4 is 27.6 Å². The number of thioether (sulfide) groups is 1. The van der Waals surface area contributed by atoms with Crippen LogP contribution in [0.2, 0.25) is 0 Å². The van der Waals surface area contributed by atoms with Gasteiger partial charge in [0.15, 0.2) is 9.84 Å². The lowest BCUT2D eigenvalue weighted by Crippen LogP contribution is -2.46. The van der Waals surface area contributed by atoms with Gasteiger partial charge in [0, 0.05) is 30.9 Å². The Morgan fingerprint density at radius 1 is 1.43 bits per heavy atom. The fourth-order valence-electron chi connectivity index (χ4n) is 2.38. The van der Waals surface area contributed by atoms with Crippen LogP contribution in [0.1, 0.15) is 15.9 Å². The Hall–Kier alpha value is -1.05. The van der Waals surface area contributed by atoms with E-state index in [4.69, 9.17) is 4.74 Å². The van der Waals surface area contributed by atoms with Gasteiger partial charge in [-0.05, 0) is 11.6 Å². The summed E-state index contributed by atoms with van der Waals surface area (Å²) in [4.78, 5) is 13.7. The molecule has 0 bridgehead atoms. The lowest BCUT2D eigenvalue weighted by molar-refractivity contribution is 0.0598. The fraction of sp³-hybridized carbons (Fsp3) is 0.500. The van der Waals surface area contributed by atoms with Crippen LogP contribution in [0, 0.1) is 0 Å². The zero-order valence-corrected chi connectivity index (χ0v) is 13.7. The maximum Gasteiger partial charge on any atom is 0.338 e. The third kappa shape index (κ3) is 3.99. The molecule has 0 saturated carbocycles. The Labute approximate surface area is 129 Å². The summed E-state index contributed by atoms with van der Waals surface area (Å²) in [5.41, 5.74) is 1.29. The minimum atomic E-state index is -3.14. The molecule has 1 atom stereocenters. The van der Waals surface area contributed by atoms with E-state index in [0.29, 0.717) is 24.4 Å². The minimum absolute atomic E-state index is 0.395. The van der Waals surface area contributed by atoms with Gasteiger partial charge in [-0.1, -0.05) is 18.2 Å². The van der Waals surface area contributed by atoms with Gasteiger partial charge >= 0.3 is 5.97 Å². The molecule has 0 radical (unpaired) electrons. The molecule has 1 heterocycles. The van der Waals surface area contributed by atoms with Crippen molar-refractivity contribution < 1.29 is 17.9 Å². The van der Waals surface area contributed by atoms with E-state index >= 15 is 0 Å². The Kier molecular flexibility index (Phi) is 5.29. The summed E-state index contributed by atoms with van der Waals surface area (Å²) in [6.07, 6.45) is 1.27. The zero-order valence-electron chi connectivity index (χ0n) is 12.1. The molecule has 0 N–H and O–H groups in total. The van der Waals surface area contributed by atoms with E-state index in [1.165, 1.54) is 13.4 Å². The molecular formula is C14H19NO4S2. The zero-order chi connectivity index (χ0) is 15.5. The third-order valence-electron chi connectivity index (χ3n) is 3.48.